The van der Waals surface area contributed by atoms with Crippen LogP contribution in [-0.2, 0) is 6.42 Å². The van der Waals surface area contributed by atoms with Gasteiger partial charge in [-0.3, -0.25) is 0 Å². The number of aromatic hydroxyl groups is 1. The molecule has 106 valence electrons. The summed E-state index contributed by atoms with van der Waals surface area (Å²) in [5.74, 6) is 2.41. The predicted octanol–water partition coefficient (Wildman–Crippen LogP) is 5.08. The molecule has 2 aromatic carbocycles. The Morgan fingerprint density at radius 3 is 2.45 bits per heavy atom. The van der Waals surface area contributed by atoms with E-state index < -0.39 is 0 Å². The Kier molecular flexibility index (Phi) is 4.67. The van der Waals surface area contributed by atoms with Crippen molar-refractivity contribution in [3.05, 3.63) is 53.6 Å². The van der Waals surface area contributed by atoms with Gasteiger partial charge in [-0.2, -0.15) is 0 Å². The summed E-state index contributed by atoms with van der Waals surface area (Å²) in [4.78, 5) is 0. The Morgan fingerprint density at radius 2 is 1.80 bits per heavy atom. The number of benzene rings is 2. The van der Waals surface area contributed by atoms with E-state index in [0.717, 1.165) is 29.7 Å². The third-order valence-electron chi connectivity index (χ3n) is 3.27. The summed E-state index contributed by atoms with van der Waals surface area (Å²) >= 11 is 0. The Bertz CT molecular complexity index is 573. The summed E-state index contributed by atoms with van der Waals surface area (Å²) in [5, 5.41) is 10.1. The van der Waals surface area contributed by atoms with Gasteiger partial charge >= 0.3 is 0 Å². The maximum absolute atomic E-state index is 10.1. The average Bonchev–Trinajstić information content (AvgIpc) is 2.37. The van der Waals surface area contributed by atoms with E-state index in [1.54, 1.807) is 6.07 Å². The largest absolute Gasteiger partial charge is 0.508 e. The maximum Gasteiger partial charge on any atom is 0.131 e. The molecule has 0 saturated heterocycles. The number of phenolic OH excluding ortho intramolecular Hbond substituents is 1. The molecular formula is C18H22O2. The van der Waals surface area contributed by atoms with Crippen molar-refractivity contribution in [2.24, 2.45) is 5.92 Å². The number of hydrogen-bond donors (Lipinski definition) is 1. The second-order valence-electron chi connectivity index (χ2n) is 5.64. The smallest absolute Gasteiger partial charge is 0.131 e. The zero-order chi connectivity index (χ0) is 14.5. The summed E-state index contributed by atoms with van der Waals surface area (Å²) in [6.07, 6.45) is 1.97. The van der Waals surface area contributed by atoms with Crippen molar-refractivity contribution in [3.63, 3.8) is 0 Å². The minimum atomic E-state index is 0.316. The molecule has 0 aromatic heterocycles. The SMILES string of the molecule is Cc1cccc(Oc2ccc(CCC(C)C)c(O)c2)c1. The Morgan fingerprint density at radius 1 is 1.05 bits per heavy atom. The van der Waals surface area contributed by atoms with Crippen LogP contribution in [-0.4, -0.2) is 5.11 Å². The fourth-order valence-electron chi connectivity index (χ4n) is 2.08. The van der Waals surface area contributed by atoms with Gasteiger partial charge in [-0.05, 0) is 55.0 Å². The molecular weight excluding hydrogens is 248 g/mol. The van der Waals surface area contributed by atoms with Crippen LogP contribution >= 0.6 is 0 Å². The van der Waals surface area contributed by atoms with Crippen LogP contribution in [0.4, 0.5) is 0 Å². The predicted molar refractivity (Wildman–Crippen MR) is 82.5 cm³/mol. The summed E-state index contributed by atoms with van der Waals surface area (Å²) in [7, 11) is 0. The van der Waals surface area contributed by atoms with Gasteiger partial charge in [0, 0.05) is 6.07 Å². The zero-order valence-corrected chi connectivity index (χ0v) is 12.4. The molecule has 0 amide bonds. The van der Waals surface area contributed by atoms with Crippen LogP contribution in [0.5, 0.6) is 17.2 Å². The molecule has 2 nitrogen and oxygen atoms in total. The number of rotatable bonds is 5. The Balaban J connectivity index is 2.09. The topological polar surface area (TPSA) is 29.5 Å². The molecule has 2 aromatic rings. The van der Waals surface area contributed by atoms with Crippen molar-refractivity contribution in [1.29, 1.82) is 0 Å². The molecule has 0 aliphatic rings. The molecule has 1 N–H and O–H groups in total. The fourth-order valence-corrected chi connectivity index (χ4v) is 2.08. The van der Waals surface area contributed by atoms with Crippen molar-refractivity contribution >= 4 is 0 Å². The van der Waals surface area contributed by atoms with Gasteiger partial charge in [0.2, 0.25) is 0 Å². The minimum absolute atomic E-state index is 0.316. The lowest BCUT2D eigenvalue weighted by atomic mass is 10.0. The molecule has 0 unspecified atom stereocenters. The highest BCUT2D eigenvalue weighted by atomic mass is 16.5. The molecule has 0 atom stereocenters. The van der Waals surface area contributed by atoms with Crippen molar-refractivity contribution in [1.82, 2.24) is 0 Å². The van der Waals surface area contributed by atoms with E-state index in [1.165, 1.54) is 0 Å². The number of ether oxygens (including phenoxy) is 1. The first kappa shape index (κ1) is 14.4. The first-order chi connectivity index (χ1) is 9.54. The van der Waals surface area contributed by atoms with Gasteiger partial charge in [0.15, 0.2) is 0 Å². The highest BCUT2D eigenvalue weighted by molar-refractivity contribution is 5.42. The van der Waals surface area contributed by atoms with Gasteiger partial charge in [0.1, 0.15) is 17.2 Å². The number of phenols is 1. The molecule has 0 radical (unpaired) electrons. The molecule has 20 heavy (non-hydrogen) atoms. The van der Waals surface area contributed by atoms with Gasteiger partial charge in [-0.15, -0.1) is 0 Å². The van der Waals surface area contributed by atoms with E-state index in [0.29, 0.717) is 17.4 Å². The number of hydrogen-bond acceptors (Lipinski definition) is 2. The molecule has 0 aliphatic carbocycles. The van der Waals surface area contributed by atoms with Crippen LogP contribution in [0.1, 0.15) is 31.4 Å². The Hall–Kier alpha value is -1.96. The number of aryl methyl sites for hydroxylation is 2. The van der Waals surface area contributed by atoms with Gasteiger partial charge in [0.25, 0.3) is 0 Å². The quantitative estimate of drug-likeness (QED) is 0.820. The van der Waals surface area contributed by atoms with E-state index in [9.17, 15) is 5.11 Å². The molecule has 0 aliphatic heterocycles. The van der Waals surface area contributed by atoms with Gasteiger partial charge in [0.05, 0.1) is 0 Å². The van der Waals surface area contributed by atoms with E-state index in [2.05, 4.69) is 13.8 Å². The summed E-state index contributed by atoms with van der Waals surface area (Å²) in [5.41, 5.74) is 2.13. The normalized spacial score (nSPS) is 10.8. The molecule has 2 rings (SSSR count). The third-order valence-corrected chi connectivity index (χ3v) is 3.27. The second-order valence-corrected chi connectivity index (χ2v) is 5.64. The van der Waals surface area contributed by atoms with Crippen LogP contribution < -0.4 is 4.74 Å². The summed E-state index contributed by atoms with van der Waals surface area (Å²) in [6.45, 7) is 6.40. The van der Waals surface area contributed by atoms with Crippen LogP contribution in [0.2, 0.25) is 0 Å². The standard InChI is InChI=1S/C18H22O2/c1-13(2)7-8-15-9-10-17(12-18(15)19)20-16-6-4-5-14(3)11-16/h4-6,9-13,19H,7-8H2,1-3H3. The molecule has 2 heteroatoms. The van der Waals surface area contributed by atoms with Crippen LogP contribution in [0.3, 0.4) is 0 Å². The molecule has 0 heterocycles. The molecule has 0 spiro atoms. The summed E-state index contributed by atoms with van der Waals surface area (Å²) in [6, 6.07) is 13.4. The van der Waals surface area contributed by atoms with Crippen molar-refractivity contribution < 1.29 is 9.84 Å². The lowest BCUT2D eigenvalue weighted by Gasteiger charge is -2.10. The highest BCUT2D eigenvalue weighted by Gasteiger charge is 2.06. The van der Waals surface area contributed by atoms with Crippen LogP contribution in [0, 0.1) is 12.8 Å². The van der Waals surface area contributed by atoms with Gasteiger partial charge in [-0.25, -0.2) is 0 Å². The van der Waals surface area contributed by atoms with E-state index in [-0.39, 0.29) is 0 Å². The lowest BCUT2D eigenvalue weighted by molar-refractivity contribution is 0.447. The van der Waals surface area contributed by atoms with Crippen molar-refractivity contribution in [2.75, 3.05) is 0 Å². The van der Waals surface area contributed by atoms with Crippen LogP contribution in [0.15, 0.2) is 42.5 Å². The zero-order valence-electron chi connectivity index (χ0n) is 12.4. The average molecular weight is 270 g/mol. The van der Waals surface area contributed by atoms with Gasteiger partial charge in [-0.1, -0.05) is 32.0 Å². The third kappa shape index (κ3) is 4.02. The monoisotopic (exact) mass is 270 g/mol. The first-order valence-corrected chi connectivity index (χ1v) is 7.11. The minimum Gasteiger partial charge on any atom is -0.508 e. The Labute approximate surface area is 121 Å². The van der Waals surface area contributed by atoms with E-state index >= 15 is 0 Å². The second kappa shape index (κ2) is 6.47. The fraction of sp³-hybridized carbons (Fsp3) is 0.333. The van der Waals surface area contributed by atoms with Crippen molar-refractivity contribution in [2.45, 2.75) is 33.6 Å². The van der Waals surface area contributed by atoms with E-state index in [1.807, 2.05) is 43.3 Å². The summed E-state index contributed by atoms with van der Waals surface area (Å²) < 4.78 is 5.76. The van der Waals surface area contributed by atoms with E-state index in [4.69, 9.17) is 4.74 Å². The maximum atomic E-state index is 10.1. The highest BCUT2D eigenvalue weighted by Crippen LogP contribution is 2.29. The van der Waals surface area contributed by atoms with Crippen LogP contribution in [0.25, 0.3) is 0 Å². The molecule has 0 fully saturated rings. The lowest BCUT2D eigenvalue weighted by Crippen LogP contribution is -1.93. The first-order valence-electron chi connectivity index (χ1n) is 7.11. The molecule has 0 bridgehead atoms. The van der Waals surface area contributed by atoms with Crippen molar-refractivity contribution in [3.8, 4) is 17.2 Å². The van der Waals surface area contributed by atoms with Gasteiger partial charge < -0.3 is 9.84 Å². The molecule has 0 saturated carbocycles.